The summed E-state index contributed by atoms with van der Waals surface area (Å²) < 4.78 is 5.60. The number of carbonyl (C=O) groups is 1. The van der Waals surface area contributed by atoms with Crippen LogP contribution in [0, 0.1) is 11.3 Å². The van der Waals surface area contributed by atoms with Crippen LogP contribution in [0.5, 0.6) is 5.75 Å². The molecule has 0 aromatic heterocycles. The van der Waals surface area contributed by atoms with Crippen LogP contribution in [0.4, 0.5) is 5.69 Å². The Kier molecular flexibility index (Phi) is 5.31. The van der Waals surface area contributed by atoms with Crippen LogP contribution in [0.2, 0.25) is 0 Å². The van der Waals surface area contributed by atoms with E-state index in [4.69, 9.17) is 10.00 Å². The lowest BCUT2D eigenvalue weighted by Gasteiger charge is -2.17. The minimum absolute atomic E-state index is 0.0262. The van der Waals surface area contributed by atoms with Gasteiger partial charge in [0.05, 0.1) is 11.6 Å². The Morgan fingerprint density at radius 1 is 0.923 bits per heavy atom. The maximum atomic E-state index is 12.2. The van der Waals surface area contributed by atoms with E-state index in [1.165, 1.54) is 0 Å². The molecule has 128 valence electrons. The van der Waals surface area contributed by atoms with Crippen molar-refractivity contribution in [2.75, 3.05) is 18.6 Å². The molecule has 3 aromatic rings. The second-order valence-electron chi connectivity index (χ2n) is 5.79. The van der Waals surface area contributed by atoms with E-state index in [9.17, 15) is 4.79 Å². The Morgan fingerprint density at radius 3 is 2.08 bits per heavy atom. The maximum Gasteiger partial charge on any atom is 0.264 e. The second-order valence-corrected chi connectivity index (χ2v) is 5.79. The standard InChI is InChI=1S/C22H18N2O2/c1-24(20-5-3-2-4-6-20)22(25)16-26-21-13-11-19(12-14-21)18-9-7-17(15-23)8-10-18/h2-14H,16H2,1H3. The normalized spacial score (nSPS) is 10.0. The van der Waals surface area contributed by atoms with Crippen molar-refractivity contribution in [1.29, 1.82) is 5.26 Å². The number of ether oxygens (including phenoxy) is 1. The van der Waals surface area contributed by atoms with Crippen LogP contribution in [0.1, 0.15) is 5.56 Å². The molecule has 0 radical (unpaired) electrons. The van der Waals surface area contributed by atoms with E-state index in [-0.39, 0.29) is 12.5 Å². The first-order valence-electron chi connectivity index (χ1n) is 8.22. The third-order valence-corrected chi connectivity index (χ3v) is 4.08. The predicted molar refractivity (Wildman–Crippen MR) is 102 cm³/mol. The molecular formula is C22H18N2O2. The summed E-state index contributed by atoms with van der Waals surface area (Å²) in [5.41, 5.74) is 3.51. The molecule has 4 nitrogen and oxygen atoms in total. The average Bonchev–Trinajstić information content (AvgIpc) is 2.72. The van der Waals surface area contributed by atoms with Gasteiger partial charge in [0.2, 0.25) is 0 Å². The van der Waals surface area contributed by atoms with Gasteiger partial charge in [0.15, 0.2) is 6.61 Å². The van der Waals surface area contributed by atoms with Gasteiger partial charge in [-0.2, -0.15) is 5.26 Å². The van der Waals surface area contributed by atoms with Gasteiger partial charge < -0.3 is 9.64 Å². The Balaban J connectivity index is 1.60. The highest BCUT2D eigenvalue weighted by Gasteiger charge is 2.11. The van der Waals surface area contributed by atoms with Crippen molar-refractivity contribution in [3.8, 4) is 22.9 Å². The van der Waals surface area contributed by atoms with Gasteiger partial charge >= 0.3 is 0 Å². The van der Waals surface area contributed by atoms with Gasteiger partial charge in [0.25, 0.3) is 5.91 Å². The number of benzene rings is 3. The molecule has 0 heterocycles. The van der Waals surface area contributed by atoms with Gasteiger partial charge in [-0.15, -0.1) is 0 Å². The highest BCUT2D eigenvalue weighted by molar-refractivity contribution is 5.93. The molecule has 0 spiro atoms. The van der Waals surface area contributed by atoms with Gasteiger partial charge in [0.1, 0.15) is 5.75 Å². The van der Waals surface area contributed by atoms with E-state index in [1.54, 1.807) is 24.1 Å². The Bertz CT molecular complexity index is 911. The van der Waals surface area contributed by atoms with Gasteiger partial charge in [-0.3, -0.25) is 4.79 Å². The Hall–Kier alpha value is -3.58. The molecule has 0 bridgehead atoms. The van der Waals surface area contributed by atoms with E-state index in [1.807, 2.05) is 66.7 Å². The summed E-state index contributed by atoms with van der Waals surface area (Å²) in [4.78, 5) is 13.8. The molecule has 26 heavy (non-hydrogen) atoms. The van der Waals surface area contributed by atoms with E-state index in [2.05, 4.69) is 6.07 Å². The number of anilines is 1. The van der Waals surface area contributed by atoms with E-state index in [0.29, 0.717) is 11.3 Å². The molecular weight excluding hydrogens is 324 g/mol. The first-order valence-corrected chi connectivity index (χ1v) is 8.22. The molecule has 0 aliphatic carbocycles. The SMILES string of the molecule is CN(C(=O)COc1ccc(-c2ccc(C#N)cc2)cc1)c1ccccc1. The lowest BCUT2D eigenvalue weighted by Crippen LogP contribution is -2.31. The average molecular weight is 342 g/mol. The largest absolute Gasteiger partial charge is 0.484 e. The van der Waals surface area contributed by atoms with Crippen LogP contribution in [0.25, 0.3) is 11.1 Å². The highest BCUT2D eigenvalue weighted by atomic mass is 16.5. The minimum Gasteiger partial charge on any atom is -0.484 e. The maximum absolute atomic E-state index is 12.2. The molecule has 3 aromatic carbocycles. The fourth-order valence-electron chi connectivity index (χ4n) is 2.52. The van der Waals surface area contributed by atoms with Crippen LogP contribution in [0.15, 0.2) is 78.9 Å². The summed E-state index contributed by atoms with van der Waals surface area (Å²) in [6.45, 7) is -0.0262. The fraction of sp³-hybridized carbons (Fsp3) is 0.0909. The van der Waals surface area contributed by atoms with Crippen LogP contribution < -0.4 is 9.64 Å². The van der Waals surface area contributed by atoms with E-state index in [0.717, 1.165) is 16.8 Å². The smallest absolute Gasteiger partial charge is 0.264 e. The van der Waals surface area contributed by atoms with Crippen LogP contribution >= 0.6 is 0 Å². The van der Waals surface area contributed by atoms with Crippen molar-refractivity contribution >= 4 is 11.6 Å². The molecule has 0 atom stereocenters. The van der Waals surface area contributed by atoms with Crippen molar-refractivity contribution in [2.24, 2.45) is 0 Å². The lowest BCUT2D eigenvalue weighted by atomic mass is 10.0. The number of likely N-dealkylation sites (N-methyl/N-ethyl adjacent to an activating group) is 1. The summed E-state index contributed by atoms with van der Waals surface area (Å²) in [6.07, 6.45) is 0. The van der Waals surface area contributed by atoms with Crippen LogP contribution in [0.3, 0.4) is 0 Å². The van der Waals surface area contributed by atoms with Crippen molar-refractivity contribution < 1.29 is 9.53 Å². The van der Waals surface area contributed by atoms with Gasteiger partial charge in [-0.1, -0.05) is 42.5 Å². The van der Waals surface area contributed by atoms with Crippen molar-refractivity contribution in [1.82, 2.24) is 0 Å². The molecule has 1 amide bonds. The number of carbonyl (C=O) groups excluding carboxylic acids is 1. The summed E-state index contributed by atoms with van der Waals surface area (Å²) >= 11 is 0. The summed E-state index contributed by atoms with van der Waals surface area (Å²) in [5, 5.41) is 8.85. The quantitative estimate of drug-likeness (QED) is 0.696. The van der Waals surface area contributed by atoms with Gasteiger partial charge in [-0.25, -0.2) is 0 Å². The molecule has 0 saturated carbocycles. The number of hydrogen-bond donors (Lipinski definition) is 0. The van der Waals surface area contributed by atoms with Crippen molar-refractivity contribution in [2.45, 2.75) is 0 Å². The van der Waals surface area contributed by atoms with Gasteiger partial charge in [0, 0.05) is 12.7 Å². The van der Waals surface area contributed by atoms with Crippen molar-refractivity contribution in [3.05, 3.63) is 84.4 Å². The number of nitriles is 1. The number of amides is 1. The number of nitrogens with zero attached hydrogens (tertiary/aromatic N) is 2. The van der Waals surface area contributed by atoms with E-state index < -0.39 is 0 Å². The van der Waals surface area contributed by atoms with Gasteiger partial charge in [-0.05, 0) is 47.5 Å². The molecule has 0 aliphatic rings. The minimum atomic E-state index is -0.118. The lowest BCUT2D eigenvalue weighted by molar-refractivity contribution is -0.120. The van der Waals surface area contributed by atoms with Crippen LogP contribution in [-0.2, 0) is 4.79 Å². The summed E-state index contributed by atoms with van der Waals surface area (Å²) in [5.74, 6) is 0.518. The highest BCUT2D eigenvalue weighted by Crippen LogP contribution is 2.23. The zero-order valence-electron chi connectivity index (χ0n) is 14.4. The molecule has 0 N–H and O–H groups in total. The first kappa shape index (κ1) is 17.2. The zero-order chi connectivity index (χ0) is 18.4. The molecule has 0 aliphatic heterocycles. The summed E-state index contributed by atoms with van der Waals surface area (Å²) in [6, 6.07) is 26.5. The third kappa shape index (κ3) is 4.08. The topological polar surface area (TPSA) is 53.3 Å². The molecule has 0 unspecified atom stereocenters. The Labute approximate surface area is 152 Å². The van der Waals surface area contributed by atoms with Crippen molar-refractivity contribution in [3.63, 3.8) is 0 Å². The molecule has 0 saturated heterocycles. The second kappa shape index (κ2) is 8.00. The molecule has 3 rings (SSSR count). The predicted octanol–water partition coefficient (Wildman–Crippen LogP) is 4.27. The molecule has 4 heteroatoms. The zero-order valence-corrected chi connectivity index (χ0v) is 14.4. The molecule has 0 fully saturated rings. The van der Waals surface area contributed by atoms with E-state index >= 15 is 0 Å². The third-order valence-electron chi connectivity index (χ3n) is 4.08. The summed E-state index contributed by atoms with van der Waals surface area (Å²) in [7, 11) is 1.73. The number of rotatable bonds is 5. The number of hydrogen-bond acceptors (Lipinski definition) is 3. The fourth-order valence-corrected chi connectivity index (χ4v) is 2.52. The first-order chi connectivity index (χ1) is 12.7. The number of para-hydroxylation sites is 1. The van der Waals surface area contributed by atoms with Crippen LogP contribution in [-0.4, -0.2) is 19.6 Å². The Morgan fingerprint density at radius 2 is 1.50 bits per heavy atom. The monoisotopic (exact) mass is 342 g/mol.